The number of rotatable bonds is 6. The zero-order valence-electron chi connectivity index (χ0n) is 17.5. The van der Waals surface area contributed by atoms with Crippen molar-refractivity contribution in [2.24, 2.45) is 5.10 Å². The fourth-order valence-electron chi connectivity index (χ4n) is 1.94. The number of carbonyl (C=O) groups excluding carboxylic acids is 2. The van der Waals surface area contributed by atoms with Crippen LogP contribution in [0.1, 0.15) is 47.3 Å². The molecule has 1 rings (SSSR count). The lowest BCUT2D eigenvalue weighted by atomic mass is 10.2. The summed E-state index contributed by atoms with van der Waals surface area (Å²) in [5.74, 6) is 0.696. The van der Waals surface area contributed by atoms with E-state index >= 15 is 0 Å². The van der Waals surface area contributed by atoms with E-state index in [1.54, 1.807) is 53.7 Å². The van der Waals surface area contributed by atoms with Gasteiger partial charge in [-0.2, -0.15) is 17.7 Å². The average molecular weight is 446 g/mol. The number of nitrogens with zero attached hydrogens (tertiary/aromatic N) is 2. The molecule has 1 N–H and O–H groups in total. The van der Waals surface area contributed by atoms with Crippen LogP contribution in [0.25, 0.3) is 0 Å². The lowest BCUT2D eigenvalue weighted by Crippen LogP contribution is -2.36. The molecule has 162 valence electrons. The second kappa shape index (κ2) is 10.6. The zero-order valence-corrected chi connectivity index (χ0v) is 19.1. The molecule has 2 amide bonds. The Bertz CT molecular complexity index is 749. The van der Waals surface area contributed by atoms with Crippen LogP contribution in [0.15, 0.2) is 39.7 Å². The number of thiol groups is 1. The molecule has 0 saturated heterocycles. The molecule has 0 aromatic carbocycles. The van der Waals surface area contributed by atoms with Crippen molar-refractivity contribution in [2.45, 2.75) is 59.3 Å². The van der Waals surface area contributed by atoms with E-state index in [0.29, 0.717) is 11.5 Å². The van der Waals surface area contributed by atoms with Crippen LogP contribution in [-0.4, -0.2) is 39.2 Å². The Kier molecular flexibility index (Phi) is 9.10. The van der Waals surface area contributed by atoms with Crippen LogP contribution < -0.4 is 5.43 Å². The van der Waals surface area contributed by atoms with Crippen LogP contribution in [0.4, 0.5) is 9.59 Å². The maximum Gasteiger partial charge on any atom is 0.428 e. The zero-order chi connectivity index (χ0) is 22.2. The number of hydrazone groups is 1. The van der Waals surface area contributed by atoms with Gasteiger partial charge in [0.1, 0.15) is 17.0 Å². The highest BCUT2D eigenvalue weighted by Gasteiger charge is 2.25. The SMILES string of the molecule is CC(C)(C)OC(=O)N/N=C(Cl)\C=C(/CS)N(Cc1ccco1)C(=O)OC(C)(C)C. The molecule has 8 nitrogen and oxygen atoms in total. The first-order valence-electron chi connectivity index (χ1n) is 8.87. The number of halogens is 1. The number of ether oxygens (including phenoxy) is 2. The number of hydrogen-bond donors (Lipinski definition) is 2. The summed E-state index contributed by atoms with van der Waals surface area (Å²) >= 11 is 10.4. The summed E-state index contributed by atoms with van der Waals surface area (Å²) in [5, 5.41) is 3.68. The van der Waals surface area contributed by atoms with E-state index in [2.05, 4.69) is 23.2 Å². The average Bonchev–Trinajstić information content (AvgIpc) is 3.06. The van der Waals surface area contributed by atoms with Gasteiger partial charge >= 0.3 is 12.2 Å². The largest absolute Gasteiger partial charge is 0.467 e. The number of furan rings is 1. The molecule has 0 atom stereocenters. The molecule has 0 unspecified atom stereocenters. The first kappa shape index (κ1) is 24.9. The molecule has 0 aliphatic carbocycles. The summed E-state index contributed by atoms with van der Waals surface area (Å²) in [7, 11) is 0. The minimum atomic E-state index is -0.754. The van der Waals surface area contributed by atoms with E-state index in [-0.39, 0.29) is 17.5 Å². The van der Waals surface area contributed by atoms with E-state index in [4.69, 9.17) is 25.5 Å². The molecule has 0 aliphatic heterocycles. The Morgan fingerprint density at radius 1 is 1.24 bits per heavy atom. The third-order valence-electron chi connectivity index (χ3n) is 2.96. The molecule has 0 saturated carbocycles. The van der Waals surface area contributed by atoms with Crippen LogP contribution in [0, 0.1) is 0 Å². The highest BCUT2D eigenvalue weighted by molar-refractivity contribution is 7.80. The molecule has 0 radical (unpaired) electrons. The number of allylic oxidation sites excluding steroid dienone is 1. The van der Waals surface area contributed by atoms with Crippen LogP contribution in [0.5, 0.6) is 0 Å². The van der Waals surface area contributed by atoms with E-state index in [9.17, 15) is 9.59 Å². The van der Waals surface area contributed by atoms with Gasteiger partial charge < -0.3 is 13.9 Å². The molecule has 0 spiro atoms. The van der Waals surface area contributed by atoms with Gasteiger partial charge in [-0.1, -0.05) is 11.6 Å². The van der Waals surface area contributed by atoms with E-state index in [1.807, 2.05) is 0 Å². The van der Waals surface area contributed by atoms with Crippen LogP contribution in [0.2, 0.25) is 0 Å². The molecule has 10 heteroatoms. The molecule has 29 heavy (non-hydrogen) atoms. The van der Waals surface area contributed by atoms with Crippen molar-refractivity contribution in [2.75, 3.05) is 5.75 Å². The maximum atomic E-state index is 12.7. The second-order valence-corrected chi connectivity index (χ2v) is 8.69. The minimum absolute atomic E-state index is 0.0760. The molecular formula is C19H28ClN3O5S. The van der Waals surface area contributed by atoms with Gasteiger partial charge in [0.25, 0.3) is 0 Å². The van der Waals surface area contributed by atoms with Crippen molar-refractivity contribution in [3.63, 3.8) is 0 Å². The van der Waals surface area contributed by atoms with Gasteiger partial charge in [0.2, 0.25) is 0 Å². The predicted octanol–water partition coefficient (Wildman–Crippen LogP) is 4.91. The number of carbonyl (C=O) groups is 2. The van der Waals surface area contributed by atoms with Gasteiger partial charge in [0.05, 0.1) is 12.8 Å². The maximum absolute atomic E-state index is 12.7. The number of amides is 2. The monoisotopic (exact) mass is 445 g/mol. The molecule has 1 aromatic heterocycles. The highest BCUT2D eigenvalue weighted by Crippen LogP contribution is 2.19. The lowest BCUT2D eigenvalue weighted by Gasteiger charge is -2.28. The summed E-state index contributed by atoms with van der Waals surface area (Å²) in [6.07, 6.45) is 1.56. The first-order chi connectivity index (χ1) is 13.3. The van der Waals surface area contributed by atoms with Crippen molar-refractivity contribution in [3.8, 4) is 0 Å². The minimum Gasteiger partial charge on any atom is -0.467 e. The van der Waals surface area contributed by atoms with Crippen LogP contribution in [-0.2, 0) is 16.0 Å². The van der Waals surface area contributed by atoms with Gasteiger partial charge in [-0.25, -0.2) is 15.0 Å². The number of hydrogen-bond acceptors (Lipinski definition) is 7. The summed E-state index contributed by atoms with van der Waals surface area (Å²) in [6, 6.07) is 3.44. The quantitative estimate of drug-likeness (QED) is 0.368. The third-order valence-corrected chi connectivity index (χ3v) is 3.47. The second-order valence-electron chi connectivity index (χ2n) is 7.99. The lowest BCUT2D eigenvalue weighted by molar-refractivity contribution is 0.0291. The van der Waals surface area contributed by atoms with E-state index < -0.39 is 23.4 Å². The van der Waals surface area contributed by atoms with Gasteiger partial charge in [-0.15, -0.1) is 0 Å². The van der Waals surface area contributed by atoms with Crippen molar-refractivity contribution < 1.29 is 23.5 Å². The molecular weight excluding hydrogens is 418 g/mol. The fraction of sp³-hybridized carbons (Fsp3) is 0.526. The van der Waals surface area contributed by atoms with Gasteiger partial charge in [0, 0.05) is 11.4 Å². The number of nitrogens with one attached hydrogen (secondary N) is 1. The smallest absolute Gasteiger partial charge is 0.428 e. The normalized spacial score (nSPS) is 13.1. The topological polar surface area (TPSA) is 93.4 Å². The van der Waals surface area contributed by atoms with Crippen molar-refractivity contribution >= 4 is 41.6 Å². The van der Waals surface area contributed by atoms with Crippen LogP contribution in [0.3, 0.4) is 0 Å². The molecule has 0 aliphatic rings. The van der Waals surface area contributed by atoms with Crippen molar-refractivity contribution in [1.29, 1.82) is 0 Å². The Balaban J connectivity index is 3.04. The fourth-order valence-corrected chi connectivity index (χ4v) is 2.37. The van der Waals surface area contributed by atoms with Crippen LogP contribution >= 0.6 is 24.2 Å². The molecule has 1 aromatic rings. The van der Waals surface area contributed by atoms with E-state index in [1.165, 1.54) is 17.2 Å². The van der Waals surface area contributed by atoms with Crippen molar-refractivity contribution in [1.82, 2.24) is 10.3 Å². The third kappa shape index (κ3) is 10.3. The van der Waals surface area contributed by atoms with Gasteiger partial charge in [0.15, 0.2) is 5.17 Å². The summed E-state index contributed by atoms with van der Waals surface area (Å²) in [5.41, 5.74) is 1.22. The predicted molar refractivity (Wildman–Crippen MR) is 115 cm³/mol. The Morgan fingerprint density at radius 3 is 2.34 bits per heavy atom. The Morgan fingerprint density at radius 2 is 1.86 bits per heavy atom. The summed E-state index contributed by atoms with van der Waals surface area (Å²) < 4.78 is 15.9. The Hall–Kier alpha value is -2.13. The molecule has 0 fully saturated rings. The van der Waals surface area contributed by atoms with Crippen molar-refractivity contribution in [3.05, 3.63) is 35.9 Å². The first-order valence-corrected chi connectivity index (χ1v) is 9.88. The molecule has 0 bridgehead atoms. The summed E-state index contributed by atoms with van der Waals surface area (Å²) in [6.45, 7) is 10.6. The summed E-state index contributed by atoms with van der Waals surface area (Å²) in [4.78, 5) is 25.7. The standard InChI is InChI=1S/C19H28ClN3O5S/c1-18(2,3)27-16(24)22-21-15(20)10-13(12-29)23(11-14-8-7-9-26-14)17(25)28-19(4,5)6/h7-10,29H,11-12H2,1-6H3,(H,22,24)/b13-10+,21-15+. The van der Waals surface area contributed by atoms with E-state index in [0.717, 1.165) is 0 Å². The van der Waals surface area contributed by atoms with Gasteiger partial charge in [-0.05, 0) is 59.8 Å². The molecule has 1 heterocycles. The highest BCUT2D eigenvalue weighted by atomic mass is 35.5. The Labute approximate surface area is 181 Å². The van der Waals surface area contributed by atoms with Gasteiger partial charge in [-0.3, -0.25) is 4.90 Å².